The molecule has 0 saturated heterocycles. The second-order valence-electron chi connectivity index (χ2n) is 15.3. The molecule has 0 aliphatic carbocycles. The van der Waals surface area contributed by atoms with Gasteiger partial charge in [-0.05, 0) is 110 Å². The molecule has 3 atom stereocenters. The second-order valence-corrected chi connectivity index (χ2v) is 19.0. The smallest absolute Gasteiger partial charge is 0.423 e. The summed E-state index contributed by atoms with van der Waals surface area (Å²) in [5.74, 6) is -5.01. The van der Waals surface area contributed by atoms with Gasteiger partial charge in [-0.25, -0.2) is 43.9 Å². The van der Waals surface area contributed by atoms with Crippen LogP contribution in [0.5, 0.6) is 0 Å². The molecule has 2 N–H and O–H groups in total. The van der Waals surface area contributed by atoms with Crippen LogP contribution in [0.15, 0.2) is 90.7 Å². The minimum atomic E-state index is -1.84. The quantitative estimate of drug-likeness (QED) is 0.0702. The van der Waals surface area contributed by atoms with Gasteiger partial charge in [0.2, 0.25) is 0 Å². The fourth-order valence-electron chi connectivity index (χ4n) is 5.31. The summed E-state index contributed by atoms with van der Waals surface area (Å²) in [6, 6.07) is 12.4. The van der Waals surface area contributed by atoms with Crippen LogP contribution in [0.2, 0.25) is 0 Å². The summed E-state index contributed by atoms with van der Waals surface area (Å²) >= 11 is 11.9. The van der Waals surface area contributed by atoms with Gasteiger partial charge in [0.1, 0.15) is 58.2 Å². The fraction of sp³-hybridized carbons (Fsp3) is 0.365. The number of rotatable bonds is 13. The minimum absolute atomic E-state index is 0. The summed E-state index contributed by atoms with van der Waals surface area (Å²) < 4.78 is 132. The third kappa shape index (κ3) is 26.4. The zero-order chi connectivity index (χ0) is 51.1. The van der Waals surface area contributed by atoms with Gasteiger partial charge in [0.25, 0.3) is 0 Å². The van der Waals surface area contributed by atoms with E-state index in [1.54, 1.807) is 0 Å². The Morgan fingerprint density at radius 1 is 0.486 bits per heavy atom. The van der Waals surface area contributed by atoms with Gasteiger partial charge in [-0.15, -0.1) is 0 Å². The number of allylic oxidation sites excluding steroid dienone is 1. The van der Waals surface area contributed by atoms with E-state index in [1.165, 1.54) is 42.5 Å². The number of hydrogen-bond donors (Lipinski definition) is 2. The average molecular weight is 1260 g/mol. The predicted molar refractivity (Wildman–Crippen MR) is 282 cm³/mol. The van der Waals surface area contributed by atoms with Gasteiger partial charge in [-0.3, -0.25) is 4.79 Å². The largest absolute Gasteiger partial charge is 0.488 e. The Hall–Kier alpha value is -3.29. The lowest BCUT2D eigenvalue weighted by Gasteiger charge is -2.11. The van der Waals surface area contributed by atoms with Crippen LogP contribution >= 0.6 is 63.7 Å². The van der Waals surface area contributed by atoms with Crippen molar-refractivity contribution in [1.29, 1.82) is 0 Å². The van der Waals surface area contributed by atoms with Gasteiger partial charge in [0.05, 0.1) is 5.56 Å². The first-order valence-corrected chi connectivity index (χ1v) is 24.1. The Bertz CT molecular complexity index is 2230. The van der Waals surface area contributed by atoms with Gasteiger partial charge in [-0.1, -0.05) is 159 Å². The highest BCUT2D eigenvalue weighted by Gasteiger charge is 2.18. The molecular weight excluding hydrogens is 1190 g/mol. The molecule has 5 aromatic carbocycles. The molecule has 70 heavy (non-hydrogen) atoms. The molecule has 0 fully saturated rings. The summed E-state index contributed by atoms with van der Waals surface area (Å²) in [5, 5.41) is 17.7. The topological polar surface area (TPSA) is 57.5 Å². The Morgan fingerprint density at radius 2 is 0.800 bits per heavy atom. The molecule has 0 radical (unpaired) electrons. The molecule has 5 aromatic rings. The van der Waals surface area contributed by atoms with Crippen LogP contribution in [0.25, 0.3) is 6.08 Å². The first-order chi connectivity index (χ1) is 31.4. The average Bonchev–Trinajstić information content (AvgIpc) is 3.22. The van der Waals surface area contributed by atoms with Crippen molar-refractivity contribution >= 4 is 88.7 Å². The summed E-state index contributed by atoms with van der Waals surface area (Å²) in [4.78, 5) is 10.1. The number of halogens is 14. The number of hydrogen-bond acceptors (Lipinski definition) is 3. The molecule has 0 heterocycles. The molecule has 0 aliphatic heterocycles. The van der Waals surface area contributed by atoms with Crippen LogP contribution < -0.4 is 5.46 Å². The van der Waals surface area contributed by atoms with Gasteiger partial charge in [0.15, 0.2) is 6.29 Å². The summed E-state index contributed by atoms with van der Waals surface area (Å²) in [7, 11) is -1.84. The highest BCUT2D eigenvalue weighted by molar-refractivity contribution is 9.11. The van der Waals surface area contributed by atoms with Crippen LogP contribution in [-0.2, 0) is 12.8 Å². The van der Waals surface area contributed by atoms with Crippen LogP contribution in [0.3, 0.4) is 0 Å². The lowest BCUT2D eigenvalue weighted by atomic mass is 9.79. The highest BCUT2D eigenvalue weighted by atomic mass is 79.9. The van der Waals surface area contributed by atoms with Gasteiger partial charge in [0, 0.05) is 40.6 Å². The van der Waals surface area contributed by atoms with E-state index in [4.69, 9.17) is 10.0 Å². The predicted octanol–water partition coefficient (Wildman–Crippen LogP) is 18.3. The SMILES string of the molecule is C.C.C.CC[C@@H](C)/C=C\c1c(F)cc(Br)cc1F.CC[C@@H](C)CCc1c(F)cc(B(O)O)cc1F.CC[C@@H](C)CCc1c(F)cc(Br)cc1F.Fc1cc(F)cc(Br)c1.O=Cc1c(F)cc(Br)cc1F. The lowest BCUT2D eigenvalue weighted by Crippen LogP contribution is -2.31. The summed E-state index contributed by atoms with van der Waals surface area (Å²) in [6.07, 6.45) is 8.77. The van der Waals surface area contributed by atoms with E-state index in [1.807, 2.05) is 33.8 Å². The van der Waals surface area contributed by atoms with Crippen molar-refractivity contribution in [1.82, 2.24) is 0 Å². The molecule has 0 saturated carbocycles. The van der Waals surface area contributed by atoms with Crippen molar-refractivity contribution in [3.63, 3.8) is 0 Å². The molecule has 0 unspecified atom stereocenters. The maximum Gasteiger partial charge on any atom is 0.488 e. The van der Waals surface area contributed by atoms with E-state index in [0.717, 1.165) is 56.0 Å². The highest BCUT2D eigenvalue weighted by Crippen LogP contribution is 2.24. The third-order valence-corrected chi connectivity index (χ3v) is 11.8. The summed E-state index contributed by atoms with van der Waals surface area (Å²) in [5.41, 5.74) is -0.438. The van der Waals surface area contributed by atoms with Crippen molar-refractivity contribution < 1.29 is 58.7 Å². The monoisotopic (exact) mass is 1250 g/mol. The van der Waals surface area contributed by atoms with Crippen molar-refractivity contribution in [3.05, 3.63) is 171 Å². The Balaban J connectivity index is -0.000000804. The first-order valence-electron chi connectivity index (χ1n) is 20.9. The number of carbonyl (C=O) groups excluding carboxylic acids is 1. The molecule has 5 rings (SSSR count). The number of benzene rings is 5. The number of aldehydes is 1. The van der Waals surface area contributed by atoms with Crippen molar-refractivity contribution in [3.8, 4) is 0 Å². The molecule has 18 heteroatoms. The van der Waals surface area contributed by atoms with E-state index in [0.29, 0.717) is 50.4 Å². The van der Waals surface area contributed by atoms with E-state index in [-0.39, 0.29) is 55.2 Å². The van der Waals surface area contributed by atoms with E-state index < -0.39 is 70.9 Å². The van der Waals surface area contributed by atoms with E-state index in [9.17, 15) is 48.7 Å². The Kier molecular flexibility index (Phi) is 37.1. The van der Waals surface area contributed by atoms with Gasteiger partial charge >= 0.3 is 7.12 Å². The van der Waals surface area contributed by atoms with Crippen molar-refractivity contribution in [2.75, 3.05) is 0 Å². The van der Waals surface area contributed by atoms with Crippen LogP contribution in [0.1, 0.15) is 123 Å². The molecule has 3 nitrogen and oxygen atoms in total. The molecule has 0 amide bonds. The molecule has 0 aromatic heterocycles. The molecule has 0 spiro atoms. The van der Waals surface area contributed by atoms with Gasteiger partial charge < -0.3 is 10.0 Å². The van der Waals surface area contributed by atoms with E-state index >= 15 is 0 Å². The third-order valence-electron chi connectivity index (χ3n) is 10.0. The molecule has 0 aliphatic rings. The van der Waals surface area contributed by atoms with Crippen LogP contribution in [-0.4, -0.2) is 23.5 Å². The fourth-order valence-corrected chi connectivity index (χ4v) is 6.95. The molecule has 0 bridgehead atoms. The number of carbonyl (C=O) groups is 1. The van der Waals surface area contributed by atoms with Crippen LogP contribution in [0.4, 0.5) is 43.9 Å². The maximum absolute atomic E-state index is 13.6. The maximum atomic E-state index is 13.6. The summed E-state index contributed by atoms with van der Waals surface area (Å²) in [6.45, 7) is 12.3. The van der Waals surface area contributed by atoms with Crippen molar-refractivity contribution in [2.24, 2.45) is 17.8 Å². The van der Waals surface area contributed by atoms with E-state index in [2.05, 4.69) is 77.6 Å². The van der Waals surface area contributed by atoms with Gasteiger partial charge in [-0.2, -0.15) is 0 Å². The molecule has 390 valence electrons. The second kappa shape index (κ2) is 36.6. The Morgan fingerprint density at radius 3 is 1.10 bits per heavy atom. The van der Waals surface area contributed by atoms with Crippen molar-refractivity contribution in [2.45, 2.75) is 109 Å². The zero-order valence-electron chi connectivity index (χ0n) is 37.4. The normalized spacial score (nSPS) is 11.5. The lowest BCUT2D eigenvalue weighted by molar-refractivity contribution is 0.111. The molecular formula is C52H63BBr4F10O3. The zero-order valence-corrected chi connectivity index (χ0v) is 43.8. The minimum Gasteiger partial charge on any atom is -0.423 e. The van der Waals surface area contributed by atoms with Crippen LogP contribution in [0, 0.1) is 75.9 Å². The Labute approximate surface area is 442 Å². The standard InChI is InChI=1S/C12H17BF2O2.C12H15BrF2.C12H13BrF2.C7H3BrF2O.C6H3BrF2.3CH4/c1-3-8(2)4-5-10-11(14)6-9(13(16)17)7-12(10)15;2*1-3-8(2)4-5-10-11(14)6-9(13)7-12(10)15;8-4-1-6(9)5(3-11)7(10)2-4;7-4-1-5(8)3-6(9)2-4;;;/h6-8,16-17H,3-5H2,1-2H3;6-8H,3-5H2,1-2H3;4-8H,3H2,1-2H3;1-3H;1-3H;3*1H4/b;;5-4-;;;;;/t3*8-;;;;;/m111...../s1. The first kappa shape index (κ1) is 71.0.